The lowest BCUT2D eigenvalue weighted by Crippen LogP contribution is -2.66. The number of ether oxygens (including phenoxy) is 1. The second-order valence-corrected chi connectivity index (χ2v) is 9.07. The average molecular weight is 365 g/mol. The van der Waals surface area contributed by atoms with Crippen LogP contribution < -0.4 is 0 Å². The number of pyridine rings is 1. The summed E-state index contributed by atoms with van der Waals surface area (Å²) >= 11 is 0. The van der Waals surface area contributed by atoms with Gasteiger partial charge >= 0.3 is 0 Å². The number of rotatable bonds is 5. The van der Waals surface area contributed by atoms with Crippen LogP contribution in [0.2, 0.25) is 0 Å². The van der Waals surface area contributed by atoms with Gasteiger partial charge in [0, 0.05) is 51.6 Å². The Morgan fingerprint density at radius 1 is 1.36 bits per heavy atom. The molecule has 1 spiro atoms. The van der Waals surface area contributed by atoms with Crippen molar-refractivity contribution in [2.75, 3.05) is 32.8 Å². The fourth-order valence-electron chi connectivity index (χ4n) is 4.16. The van der Waals surface area contributed by atoms with Crippen LogP contribution in [0.3, 0.4) is 0 Å². The highest BCUT2D eigenvalue weighted by Crippen LogP contribution is 2.43. The number of carbonyl (C=O) groups is 1. The minimum absolute atomic E-state index is 0.224. The van der Waals surface area contributed by atoms with Gasteiger partial charge in [-0.1, -0.05) is 0 Å². The van der Waals surface area contributed by atoms with Crippen LogP contribution in [0.15, 0.2) is 29.4 Å². The van der Waals surface area contributed by atoms with Crippen molar-refractivity contribution in [1.82, 2.24) is 14.2 Å². The van der Waals surface area contributed by atoms with Gasteiger partial charge in [-0.3, -0.25) is 9.78 Å². The summed E-state index contributed by atoms with van der Waals surface area (Å²) in [6, 6.07) is 3.20. The lowest BCUT2D eigenvalue weighted by molar-refractivity contribution is -0.128. The third kappa shape index (κ3) is 2.96. The molecule has 0 bridgehead atoms. The van der Waals surface area contributed by atoms with Crippen LogP contribution in [0.5, 0.6) is 0 Å². The molecule has 4 rings (SSSR count). The molecule has 4 heterocycles. The highest BCUT2D eigenvalue weighted by Gasteiger charge is 2.56. The van der Waals surface area contributed by atoms with Gasteiger partial charge in [0.1, 0.15) is 4.90 Å². The first-order valence-electron chi connectivity index (χ1n) is 8.83. The first kappa shape index (κ1) is 16.9. The highest BCUT2D eigenvalue weighted by molar-refractivity contribution is 7.89. The van der Waals surface area contributed by atoms with E-state index in [1.807, 2.05) is 4.90 Å². The zero-order valence-electron chi connectivity index (χ0n) is 14.1. The molecule has 3 aliphatic heterocycles. The van der Waals surface area contributed by atoms with Gasteiger partial charge in [-0.15, -0.1) is 0 Å². The minimum atomic E-state index is -3.50. The maximum absolute atomic E-state index is 12.6. The van der Waals surface area contributed by atoms with E-state index in [-0.39, 0.29) is 16.4 Å². The third-order valence-electron chi connectivity index (χ3n) is 5.68. The SMILES string of the molecule is O=C1CCCN1CCC1CCOC12CN(S(=O)(=O)c1cccnc1)C2. The number of hydrogen-bond acceptors (Lipinski definition) is 5. The number of likely N-dealkylation sites (tertiary alicyclic amines) is 1. The van der Waals surface area contributed by atoms with Gasteiger partial charge in [0.05, 0.1) is 5.60 Å². The monoisotopic (exact) mass is 365 g/mol. The van der Waals surface area contributed by atoms with Crippen LogP contribution >= 0.6 is 0 Å². The van der Waals surface area contributed by atoms with E-state index in [0.717, 1.165) is 32.4 Å². The van der Waals surface area contributed by atoms with Gasteiger partial charge in [0.25, 0.3) is 0 Å². The van der Waals surface area contributed by atoms with Gasteiger partial charge in [-0.05, 0) is 37.3 Å². The fraction of sp³-hybridized carbons (Fsp3) is 0.647. The van der Waals surface area contributed by atoms with E-state index in [4.69, 9.17) is 4.74 Å². The minimum Gasteiger partial charge on any atom is -0.372 e. The molecule has 1 atom stereocenters. The third-order valence-corrected chi connectivity index (χ3v) is 7.45. The molecule has 0 aliphatic carbocycles. The predicted molar refractivity (Wildman–Crippen MR) is 90.2 cm³/mol. The Balaban J connectivity index is 1.39. The molecular weight excluding hydrogens is 342 g/mol. The van der Waals surface area contributed by atoms with Crippen molar-refractivity contribution < 1.29 is 17.9 Å². The molecule has 3 saturated heterocycles. The normalized spacial score (nSPS) is 26.3. The van der Waals surface area contributed by atoms with Gasteiger partial charge in [0.15, 0.2) is 0 Å². The molecule has 3 aliphatic rings. The van der Waals surface area contributed by atoms with E-state index < -0.39 is 10.0 Å². The molecule has 0 saturated carbocycles. The van der Waals surface area contributed by atoms with Crippen LogP contribution in [-0.2, 0) is 19.6 Å². The molecule has 1 aromatic heterocycles. The Morgan fingerprint density at radius 3 is 2.88 bits per heavy atom. The Kier molecular flexibility index (Phi) is 4.29. The summed E-state index contributed by atoms with van der Waals surface area (Å²) in [6.07, 6.45) is 6.36. The topological polar surface area (TPSA) is 79.8 Å². The largest absolute Gasteiger partial charge is 0.372 e. The molecule has 8 heteroatoms. The quantitative estimate of drug-likeness (QED) is 0.774. The Bertz CT molecular complexity index is 746. The number of hydrogen-bond donors (Lipinski definition) is 0. The molecule has 0 aromatic carbocycles. The summed E-state index contributed by atoms with van der Waals surface area (Å²) in [7, 11) is -3.50. The summed E-state index contributed by atoms with van der Waals surface area (Å²) < 4.78 is 32.7. The van der Waals surface area contributed by atoms with Crippen LogP contribution in [0.25, 0.3) is 0 Å². The second kappa shape index (κ2) is 6.34. The number of sulfonamides is 1. The highest BCUT2D eigenvalue weighted by atomic mass is 32.2. The summed E-state index contributed by atoms with van der Waals surface area (Å²) in [5.41, 5.74) is -0.377. The van der Waals surface area contributed by atoms with Crippen LogP contribution in [0, 0.1) is 5.92 Å². The molecule has 0 radical (unpaired) electrons. The molecule has 0 N–H and O–H groups in total. The average Bonchev–Trinajstić information content (AvgIpc) is 3.18. The van der Waals surface area contributed by atoms with E-state index in [1.54, 1.807) is 18.3 Å². The number of carbonyl (C=O) groups excluding carboxylic acids is 1. The summed E-state index contributed by atoms with van der Waals surface area (Å²) in [6.45, 7) is 3.05. The predicted octanol–water partition coefficient (Wildman–Crippen LogP) is 0.874. The molecule has 25 heavy (non-hydrogen) atoms. The van der Waals surface area contributed by atoms with Crippen molar-refractivity contribution in [1.29, 1.82) is 0 Å². The van der Waals surface area contributed by atoms with Crippen molar-refractivity contribution in [2.45, 2.75) is 36.2 Å². The van der Waals surface area contributed by atoms with E-state index in [9.17, 15) is 13.2 Å². The Hall–Kier alpha value is -1.51. The zero-order valence-corrected chi connectivity index (χ0v) is 15.0. The van der Waals surface area contributed by atoms with Crippen LogP contribution in [-0.4, -0.2) is 66.9 Å². The lowest BCUT2D eigenvalue weighted by atomic mass is 9.80. The van der Waals surface area contributed by atoms with Crippen molar-refractivity contribution >= 4 is 15.9 Å². The summed E-state index contributed by atoms with van der Waals surface area (Å²) in [5, 5.41) is 0. The Morgan fingerprint density at radius 2 is 2.20 bits per heavy atom. The molecule has 1 amide bonds. The molecular formula is C17H23N3O4S. The van der Waals surface area contributed by atoms with Gasteiger partial charge in [-0.25, -0.2) is 8.42 Å². The number of aromatic nitrogens is 1. The number of nitrogens with zero attached hydrogens (tertiary/aromatic N) is 3. The maximum atomic E-state index is 12.6. The van der Waals surface area contributed by atoms with E-state index >= 15 is 0 Å². The summed E-state index contributed by atoms with van der Waals surface area (Å²) in [5.74, 6) is 0.545. The van der Waals surface area contributed by atoms with Crippen LogP contribution in [0.1, 0.15) is 25.7 Å². The van der Waals surface area contributed by atoms with Crippen molar-refractivity contribution in [3.63, 3.8) is 0 Å². The molecule has 1 unspecified atom stereocenters. The van der Waals surface area contributed by atoms with Crippen molar-refractivity contribution in [3.05, 3.63) is 24.5 Å². The number of amides is 1. The van der Waals surface area contributed by atoms with E-state index in [0.29, 0.717) is 32.0 Å². The zero-order chi connectivity index (χ0) is 17.5. The van der Waals surface area contributed by atoms with Crippen molar-refractivity contribution in [2.24, 2.45) is 5.92 Å². The second-order valence-electron chi connectivity index (χ2n) is 7.13. The molecule has 3 fully saturated rings. The van der Waals surface area contributed by atoms with Gasteiger partial charge in [-0.2, -0.15) is 4.31 Å². The fourth-order valence-corrected chi connectivity index (χ4v) is 5.68. The van der Waals surface area contributed by atoms with E-state index in [1.165, 1.54) is 10.5 Å². The van der Waals surface area contributed by atoms with E-state index in [2.05, 4.69) is 4.98 Å². The van der Waals surface area contributed by atoms with Crippen LogP contribution in [0.4, 0.5) is 0 Å². The van der Waals surface area contributed by atoms with Gasteiger partial charge < -0.3 is 9.64 Å². The Labute approximate surface area is 148 Å². The molecule has 7 nitrogen and oxygen atoms in total. The van der Waals surface area contributed by atoms with Crippen molar-refractivity contribution in [3.8, 4) is 0 Å². The van der Waals surface area contributed by atoms with Gasteiger partial charge in [0.2, 0.25) is 15.9 Å². The first-order valence-corrected chi connectivity index (χ1v) is 10.3. The lowest BCUT2D eigenvalue weighted by Gasteiger charge is -2.49. The maximum Gasteiger partial charge on any atom is 0.244 e. The molecule has 136 valence electrons. The first-order chi connectivity index (χ1) is 12.0. The molecule has 1 aromatic rings. The smallest absolute Gasteiger partial charge is 0.244 e. The standard InChI is InChI=1S/C17H23N3O4S/c21-16-4-2-8-19(16)9-5-14-6-10-24-17(14)12-20(13-17)25(22,23)15-3-1-7-18-11-15/h1,3,7,11,14H,2,4-6,8-10,12-13H2. The summed E-state index contributed by atoms with van der Waals surface area (Å²) in [4.78, 5) is 17.8.